The van der Waals surface area contributed by atoms with E-state index in [-0.39, 0.29) is 11.6 Å². The van der Waals surface area contributed by atoms with Crippen molar-refractivity contribution in [2.24, 2.45) is 0 Å². The van der Waals surface area contributed by atoms with E-state index in [1.165, 1.54) is 48.0 Å². The standard InChI is InChI=1S/C33H43O2P/c1-2-3-4-19-28-33(34)35-36(30-22-13-8-14-23-30,31-24-15-9-16-25-31,32-26-17-10-18-27-32)29-20-11-6-5-7-12-21-29/h8-10,13-18,22-27,29H,2-7,11-12,19-21,28H2,1H3. The first kappa shape index (κ1) is 26.6. The number of hydrogen-bond donors (Lipinski definition) is 0. The molecule has 1 saturated carbocycles. The molecule has 0 saturated heterocycles. The van der Waals surface area contributed by atoms with Gasteiger partial charge < -0.3 is 0 Å². The van der Waals surface area contributed by atoms with Crippen molar-refractivity contribution in [3.63, 3.8) is 0 Å². The minimum atomic E-state index is -3.64. The molecule has 3 aromatic carbocycles. The van der Waals surface area contributed by atoms with Gasteiger partial charge in [-0.1, -0.05) is 0 Å². The summed E-state index contributed by atoms with van der Waals surface area (Å²) >= 11 is 0. The first-order valence-corrected chi connectivity index (χ1v) is 16.4. The molecule has 0 atom stereocenters. The summed E-state index contributed by atoms with van der Waals surface area (Å²) in [7, 11) is 0. The topological polar surface area (TPSA) is 26.3 Å². The van der Waals surface area contributed by atoms with Crippen LogP contribution in [0.25, 0.3) is 0 Å². The Morgan fingerprint density at radius 3 is 1.56 bits per heavy atom. The van der Waals surface area contributed by atoms with Crippen LogP contribution in [0.3, 0.4) is 0 Å². The van der Waals surface area contributed by atoms with E-state index in [0.717, 1.165) is 38.5 Å². The molecule has 0 N–H and O–H groups in total. The Hall–Kier alpha value is -2.44. The van der Waals surface area contributed by atoms with Crippen molar-refractivity contribution in [2.45, 2.75) is 89.6 Å². The Morgan fingerprint density at radius 2 is 1.11 bits per heavy atom. The van der Waals surface area contributed by atoms with Crippen LogP contribution in [0.5, 0.6) is 0 Å². The Kier molecular flexibility index (Phi) is 9.38. The Morgan fingerprint density at radius 1 is 0.667 bits per heavy atom. The second-order valence-electron chi connectivity index (χ2n) is 10.4. The van der Waals surface area contributed by atoms with Gasteiger partial charge in [-0.3, -0.25) is 0 Å². The summed E-state index contributed by atoms with van der Waals surface area (Å²) in [5.74, 6) is -0.0395. The van der Waals surface area contributed by atoms with E-state index in [4.69, 9.17) is 4.52 Å². The fraction of sp³-hybridized carbons (Fsp3) is 0.424. The van der Waals surface area contributed by atoms with Crippen LogP contribution in [0, 0.1) is 0 Å². The molecule has 4 rings (SSSR count). The molecule has 2 nitrogen and oxygen atoms in total. The van der Waals surface area contributed by atoms with Crippen molar-refractivity contribution in [3.05, 3.63) is 91.0 Å². The summed E-state index contributed by atoms with van der Waals surface area (Å²) in [6.07, 6.45) is 13.1. The van der Waals surface area contributed by atoms with Gasteiger partial charge in [-0.15, -0.1) is 0 Å². The molecule has 0 spiro atoms. The summed E-state index contributed by atoms with van der Waals surface area (Å²) < 4.78 is 7.29. The Balaban J connectivity index is 2.01. The molecule has 3 heteroatoms. The van der Waals surface area contributed by atoms with Gasteiger partial charge in [-0.25, -0.2) is 0 Å². The normalized spacial score (nSPS) is 16.3. The summed E-state index contributed by atoms with van der Waals surface area (Å²) in [5.41, 5.74) is 0.267. The van der Waals surface area contributed by atoms with Crippen molar-refractivity contribution < 1.29 is 9.32 Å². The maximum absolute atomic E-state index is 14.0. The van der Waals surface area contributed by atoms with E-state index in [2.05, 4.69) is 97.9 Å². The van der Waals surface area contributed by atoms with Crippen LogP contribution in [0.15, 0.2) is 91.0 Å². The number of carbonyl (C=O) groups is 1. The average Bonchev–Trinajstić information content (AvgIpc) is 2.91. The van der Waals surface area contributed by atoms with Gasteiger partial charge in [-0.2, -0.15) is 0 Å². The van der Waals surface area contributed by atoms with Gasteiger partial charge in [0.1, 0.15) is 0 Å². The molecule has 0 bridgehead atoms. The SMILES string of the molecule is CCCCCCC(=O)OP(c1ccccc1)(c1ccccc1)(c1ccccc1)C1CCCCCCC1. The monoisotopic (exact) mass is 502 g/mol. The predicted molar refractivity (Wildman–Crippen MR) is 156 cm³/mol. The summed E-state index contributed by atoms with van der Waals surface area (Å²) in [6.45, 7) is -1.43. The van der Waals surface area contributed by atoms with E-state index < -0.39 is 6.83 Å². The third kappa shape index (κ3) is 5.16. The van der Waals surface area contributed by atoms with Crippen LogP contribution >= 0.6 is 6.83 Å². The van der Waals surface area contributed by atoms with Crippen molar-refractivity contribution in [1.29, 1.82) is 0 Å². The third-order valence-corrected chi connectivity index (χ3v) is 14.6. The second kappa shape index (κ2) is 12.7. The van der Waals surface area contributed by atoms with Gasteiger partial charge in [0.25, 0.3) is 0 Å². The summed E-state index contributed by atoms with van der Waals surface area (Å²) in [4.78, 5) is 14.0. The number of unbranched alkanes of at least 4 members (excludes halogenated alkanes) is 3. The average molecular weight is 503 g/mol. The fourth-order valence-electron chi connectivity index (χ4n) is 6.36. The molecule has 192 valence electrons. The zero-order chi connectivity index (χ0) is 25.1. The molecule has 0 heterocycles. The molecule has 1 fully saturated rings. The van der Waals surface area contributed by atoms with Crippen LogP contribution in [-0.4, -0.2) is 11.6 Å². The predicted octanol–water partition coefficient (Wildman–Crippen LogP) is 8.06. The van der Waals surface area contributed by atoms with Gasteiger partial charge in [0.05, 0.1) is 0 Å². The Bertz CT molecular complexity index is 957. The van der Waals surface area contributed by atoms with Crippen LogP contribution in [0.2, 0.25) is 0 Å². The summed E-state index contributed by atoms with van der Waals surface area (Å²) in [5, 5.41) is 3.56. The van der Waals surface area contributed by atoms with E-state index in [9.17, 15) is 4.79 Å². The number of carbonyl (C=O) groups excluding carboxylic acids is 1. The van der Waals surface area contributed by atoms with Gasteiger partial charge >= 0.3 is 219 Å². The molecule has 0 unspecified atom stereocenters. The molecule has 36 heavy (non-hydrogen) atoms. The van der Waals surface area contributed by atoms with Crippen LogP contribution < -0.4 is 15.9 Å². The molecule has 1 aliphatic rings. The zero-order valence-corrected chi connectivity index (χ0v) is 22.9. The van der Waals surface area contributed by atoms with E-state index in [1.807, 2.05) is 0 Å². The molecule has 1 aliphatic carbocycles. The van der Waals surface area contributed by atoms with Crippen LogP contribution in [-0.2, 0) is 9.32 Å². The van der Waals surface area contributed by atoms with Crippen LogP contribution in [0.4, 0.5) is 0 Å². The van der Waals surface area contributed by atoms with Gasteiger partial charge in [0.2, 0.25) is 0 Å². The third-order valence-electron chi connectivity index (χ3n) is 8.10. The maximum atomic E-state index is 14.0. The second-order valence-corrected chi connectivity index (χ2v) is 15.0. The van der Waals surface area contributed by atoms with Crippen molar-refractivity contribution in [3.8, 4) is 0 Å². The van der Waals surface area contributed by atoms with Gasteiger partial charge in [0, 0.05) is 0 Å². The van der Waals surface area contributed by atoms with Crippen molar-refractivity contribution >= 4 is 28.7 Å². The molecule has 3 aromatic rings. The molecule has 0 aromatic heterocycles. The number of rotatable bonds is 10. The number of benzene rings is 3. The fourth-order valence-corrected chi connectivity index (χ4v) is 13.1. The van der Waals surface area contributed by atoms with Gasteiger partial charge in [-0.05, 0) is 0 Å². The molecule has 0 radical (unpaired) electrons. The first-order chi connectivity index (χ1) is 17.7. The van der Waals surface area contributed by atoms with E-state index in [1.54, 1.807) is 0 Å². The van der Waals surface area contributed by atoms with E-state index >= 15 is 0 Å². The van der Waals surface area contributed by atoms with Crippen molar-refractivity contribution in [1.82, 2.24) is 0 Å². The number of hydrogen-bond acceptors (Lipinski definition) is 2. The van der Waals surface area contributed by atoms with Crippen LogP contribution in [0.1, 0.15) is 84.0 Å². The molecular weight excluding hydrogens is 459 g/mol. The molecular formula is C33H43O2P. The summed E-state index contributed by atoms with van der Waals surface area (Å²) in [6, 6.07) is 32.4. The zero-order valence-electron chi connectivity index (χ0n) is 22.0. The molecule has 0 aliphatic heterocycles. The minimum absolute atomic E-state index is 0.0395. The first-order valence-electron chi connectivity index (χ1n) is 14.1. The van der Waals surface area contributed by atoms with Crippen molar-refractivity contribution in [2.75, 3.05) is 0 Å². The molecule has 0 amide bonds. The Labute approximate surface area is 218 Å². The van der Waals surface area contributed by atoms with E-state index in [0.29, 0.717) is 6.42 Å². The van der Waals surface area contributed by atoms with Gasteiger partial charge in [0.15, 0.2) is 0 Å². The quantitative estimate of drug-likeness (QED) is 0.207.